The first-order chi connectivity index (χ1) is 8.72. The Labute approximate surface area is 118 Å². The third-order valence-corrected chi connectivity index (χ3v) is 3.30. The van der Waals surface area contributed by atoms with Crippen molar-refractivity contribution in [3.05, 3.63) is 11.2 Å². The zero-order valence-electron chi connectivity index (χ0n) is 12.0. The third-order valence-electron chi connectivity index (χ3n) is 3.10. The Kier molecular flexibility index (Phi) is 5.11. The molecule has 1 rings (SSSR count). The predicted molar refractivity (Wildman–Crippen MR) is 75.5 cm³/mol. The molecule has 5 nitrogen and oxygen atoms in total. The lowest BCUT2D eigenvalue weighted by Gasteiger charge is -2.26. The van der Waals surface area contributed by atoms with Crippen molar-refractivity contribution >= 4 is 23.5 Å². The zero-order chi connectivity index (χ0) is 14.6. The van der Waals surface area contributed by atoms with Crippen LogP contribution in [0.3, 0.4) is 0 Å². The zero-order valence-corrected chi connectivity index (χ0v) is 12.7. The molecule has 1 atom stereocenters. The van der Waals surface area contributed by atoms with E-state index in [4.69, 9.17) is 16.3 Å². The second kappa shape index (κ2) is 6.19. The quantitative estimate of drug-likeness (QED) is 0.863. The lowest BCUT2D eigenvalue weighted by molar-refractivity contribution is -0.117. The molecule has 1 aromatic heterocycles. The van der Waals surface area contributed by atoms with Crippen LogP contribution in [0.4, 0.5) is 5.95 Å². The number of nitrogens with one attached hydrogen (secondary N) is 1. The predicted octanol–water partition coefficient (Wildman–Crippen LogP) is 3.15. The number of nitrogens with zero attached hydrogens (tertiary/aromatic N) is 2. The van der Waals surface area contributed by atoms with Gasteiger partial charge in [0, 0.05) is 12.5 Å². The fourth-order valence-corrected chi connectivity index (χ4v) is 1.49. The molecule has 0 aliphatic carbocycles. The van der Waals surface area contributed by atoms with Gasteiger partial charge in [0.2, 0.25) is 17.7 Å². The van der Waals surface area contributed by atoms with Crippen LogP contribution in [0.15, 0.2) is 6.07 Å². The monoisotopic (exact) mass is 285 g/mol. The number of anilines is 1. The van der Waals surface area contributed by atoms with Gasteiger partial charge in [-0.3, -0.25) is 10.1 Å². The number of ether oxygens (including phenoxy) is 1. The number of methoxy groups -OCH3 is 1. The Morgan fingerprint density at radius 3 is 2.63 bits per heavy atom. The first-order valence-corrected chi connectivity index (χ1v) is 6.48. The van der Waals surface area contributed by atoms with Crippen molar-refractivity contribution in [2.45, 2.75) is 34.1 Å². The van der Waals surface area contributed by atoms with Crippen molar-refractivity contribution in [1.82, 2.24) is 9.97 Å². The minimum Gasteiger partial charge on any atom is -0.481 e. The van der Waals surface area contributed by atoms with Crippen LogP contribution in [-0.4, -0.2) is 23.0 Å². The number of hydrogen-bond acceptors (Lipinski definition) is 4. The summed E-state index contributed by atoms with van der Waals surface area (Å²) >= 11 is 5.81. The highest BCUT2D eigenvalue weighted by atomic mass is 35.5. The second-order valence-corrected chi connectivity index (χ2v) is 5.96. The van der Waals surface area contributed by atoms with Crippen LogP contribution in [0.25, 0.3) is 0 Å². The fourth-order valence-electron chi connectivity index (χ4n) is 1.32. The molecule has 0 bridgehead atoms. The summed E-state index contributed by atoms with van der Waals surface area (Å²) in [6.45, 7) is 8.34. The minimum absolute atomic E-state index is 0.0736. The number of amides is 1. The Morgan fingerprint density at radius 2 is 2.11 bits per heavy atom. The molecule has 1 aromatic rings. The van der Waals surface area contributed by atoms with E-state index in [0.717, 1.165) is 0 Å². The second-order valence-electron chi connectivity index (χ2n) is 5.58. The molecule has 19 heavy (non-hydrogen) atoms. The first-order valence-electron chi connectivity index (χ1n) is 6.11. The van der Waals surface area contributed by atoms with E-state index in [1.54, 1.807) is 0 Å². The van der Waals surface area contributed by atoms with Crippen LogP contribution in [0, 0.1) is 11.3 Å². The van der Waals surface area contributed by atoms with E-state index >= 15 is 0 Å². The highest BCUT2D eigenvalue weighted by molar-refractivity contribution is 6.29. The van der Waals surface area contributed by atoms with E-state index < -0.39 is 0 Å². The van der Waals surface area contributed by atoms with E-state index in [1.807, 2.05) is 6.92 Å². The van der Waals surface area contributed by atoms with Crippen LogP contribution in [0.2, 0.25) is 5.15 Å². The minimum atomic E-state index is -0.133. The van der Waals surface area contributed by atoms with Gasteiger partial charge in [0.05, 0.1) is 7.11 Å². The summed E-state index contributed by atoms with van der Waals surface area (Å²) in [6, 6.07) is 1.48. The molecule has 0 aliphatic heterocycles. The lowest BCUT2D eigenvalue weighted by atomic mass is 9.80. The van der Waals surface area contributed by atoms with E-state index in [1.165, 1.54) is 13.2 Å². The summed E-state index contributed by atoms with van der Waals surface area (Å²) < 4.78 is 4.97. The van der Waals surface area contributed by atoms with Gasteiger partial charge in [-0.15, -0.1) is 0 Å². The maximum atomic E-state index is 11.9. The average molecular weight is 286 g/mol. The third kappa shape index (κ3) is 5.03. The van der Waals surface area contributed by atoms with E-state index in [9.17, 15) is 4.79 Å². The molecule has 6 heteroatoms. The topological polar surface area (TPSA) is 64.1 Å². The van der Waals surface area contributed by atoms with Crippen molar-refractivity contribution in [2.75, 3.05) is 12.4 Å². The number of carbonyl (C=O) groups excluding carboxylic acids is 1. The summed E-state index contributed by atoms with van der Waals surface area (Å²) in [5.41, 5.74) is 0.0736. The molecule has 1 unspecified atom stereocenters. The van der Waals surface area contributed by atoms with Crippen LogP contribution < -0.4 is 10.1 Å². The van der Waals surface area contributed by atoms with Gasteiger partial charge in [0.15, 0.2) is 0 Å². The van der Waals surface area contributed by atoms with Gasteiger partial charge >= 0.3 is 0 Å². The van der Waals surface area contributed by atoms with Crippen molar-refractivity contribution in [2.24, 2.45) is 11.3 Å². The Hall–Kier alpha value is -1.36. The molecule has 0 aromatic carbocycles. The maximum absolute atomic E-state index is 11.9. The van der Waals surface area contributed by atoms with E-state index in [-0.39, 0.29) is 28.3 Å². The fraction of sp³-hybridized carbons (Fsp3) is 0.615. The smallest absolute Gasteiger partial charge is 0.234 e. The number of carbonyl (C=O) groups is 1. The van der Waals surface area contributed by atoms with E-state index in [2.05, 4.69) is 36.1 Å². The summed E-state index contributed by atoms with van der Waals surface area (Å²) in [5, 5.41) is 2.86. The normalized spacial score (nSPS) is 12.9. The molecule has 0 fully saturated rings. The van der Waals surface area contributed by atoms with Crippen molar-refractivity contribution in [3.63, 3.8) is 0 Å². The number of rotatable bonds is 4. The van der Waals surface area contributed by atoms with E-state index in [0.29, 0.717) is 12.3 Å². The van der Waals surface area contributed by atoms with Crippen LogP contribution >= 0.6 is 11.6 Å². The Morgan fingerprint density at radius 1 is 1.47 bits per heavy atom. The summed E-state index contributed by atoms with van der Waals surface area (Å²) in [5.74, 6) is 0.593. The molecular formula is C13H20ClN3O2. The summed E-state index contributed by atoms with van der Waals surface area (Å²) in [6.07, 6.45) is 0.404. The van der Waals surface area contributed by atoms with Crippen LogP contribution in [0.1, 0.15) is 34.1 Å². The Bertz CT molecular complexity index is 458. The highest BCUT2D eigenvalue weighted by Crippen LogP contribution is 2.28. The Balaban J connectivity index is 2.69. The first kappa shape index (κ1) is 15.7. The summed E-state index contributed by atoms with van der Waals surface area (Å²) in [4.78, 5) is 19.9. The van der Waals surface area contributed by atoms with Gasteiger partial charge < -0.3 is 4.74 Å². The van der Waals surface area contributed by atoms with Gasteiger partial charge in [-0.2, -0.15) is 4.98 Å². The van der Waals surface area contributed by atoms with Gasteiger partial charge in [-0.05, 0) is 11.3 Å². The van der Waals surface area contributed by atoms with Crippen LogP contribution in [-0.2, 0) is 4.79 Å². The molecular weight excluding hydrogens is 266 g/mol. The SMILES string of the molecule is COc1cc(Cl)nc(NC(=O)CC(C)C(C)(C)C)n1. The summed E-state index contributed by atoms with van der Waals surface area (Å²) in [7, 11) is 1.48. The van der Waals surface area contributed by atoms with Crippen LogP contribution in [0.5, 0.6) is 5.88 Å². The number of halogens is 1. The van der Waals surface area contributed by atoms with Crippen molar-refractivity contribution < 1.29 is 9.53 Å². The average Bonchev–Trinajstić information content (AvgIpc) is 2.26. The molecule has 106 valence electrons. The van der Waals surface area contributed by atoms with Gasteiger partial charge in [-0.1, -0.05) is 39.3 Å². The molecule has 0 spiro atoms. The molecule has 0 saturated heterocycles. The standard InChI is InChI=1S/C13H20ClN3O2/c1-8(13(2,3)4)6-10(18)16-12-15-9(14)7-11(17-12)19-5/h7-8H,6H2,1-5H3,(H,15,16,17,18). The van der Waals surface area contributed by atoms with Crippen molar-refractivity contribution in [1.29, 1.82) is 0 Å². The molecule has 0 radical (unpaired) electrons. The van der Waals surface area contributed by atoms with Gasteiger partial charge in [0.1, 0.15) is 5.15 Å². The largest absolute Gasteiger partial charge is 0.481 e. The molecule has 0 saturated carbocycles. The van der Waals surface area contributed by atoms with Gasteiger partial charge in [0.25, 0.3) is 0 Å². The number of aromatic nitrogens is 2. The number of hydrogen-bond donors (Lipinski definition) is 1. The molecule has 0 aliphatic rings. The maximum Gasteiger partial charge on any atom is 0.234 e. The molecule has 1 N–H and O–H groups in total. The lowest BCUT2D eigenvalue weighted by Crippen LogP contribution is -2.24. The van der Waals surface area contributed by atoms with Gasteiger partial charge in [-0.25, -0.2) is 4.98 Å². The molecule has 1 amide bonds. The molecule has 1 heterocycles. The highest BCUT2D eigenvalue weighted by Gasteiger charge is 2.23. The van der Waals surface area contributed by atoms with Crippen molar-refractivity contribution in [3.8, 4) is 5.88 Å².